The smallest absolute Gasteiger partial charge is 0.410 e. The van der Waals surface area contributed by atoms with Crippen LogP contribution < -0.4 is 0 Å². The van der Waals surface area contributed by atoms with E-state index in [1.165, 1.54) is 21.3 Å². The highest BCUT2D eigenvalue weighted by atomic mass is 35.5. The van der Waals surface area contributed by atoms with Crippen LogP contribution in [0, 0.1) is 0 Å². The molecule has 0 saturated carbocycles. The van der Waals surface area contributed by atoms with Crippen molar-refractivity contribution in [2.24, 2.45) is 0 Å². The van der Waals surface area contributed by atoms with E-state index in [2.05, 4.69) is 0 Å². The van der Waals surface area contributed by atoms with Gasteiger partial charge >= 0.3 is 6.09 Å². The van der Waals surface area contributed by atoms with Crippen LogP contribution >= 0.6 is 11.6 Å². The lowest BCUT2D eigenvalue weighted by Gasteiger charge is -2.34. The molecule has 2 rings (SSSR count). The van der Waals surface area contributed by atoms with E-state index in [0.717, 1.165) is 0 Å². The first kappa shape index (κ1) is 18.0. The number of sulfonamides is 1. The van der Waals surface area contributed by atoms with E-state index >= 15 is 0 Å². The fourth-order valence-corrected chi connectivity index (χ4v) is 3.94. The van der Waals surface area contributed by atoms with Crippen molar-refractivity contribution in [3.63, 3.8) is 0 Å². The van der Waals surface area contributed by atoms with Crippen molar-refractivity contribution in [3.8, 4) is 0 Å². The first-order valence-corrected chi connectivity index (χ1v) is 9.15. The molecule has 1 saturated heterocycles. The molecule has 0 spiro atoms. The third-order valence-corrected chi connectivity index (χ3v) is 5.45. The number of nitrogens with zero attached hydrogens (tertiary/aromatic N) is 2. The second kappa shape index (κ2) is 6.67. The van der Waals surface area contributed by atoms with Crippen LogP contribution in [0.3, 0.4) is 0 Å². The van der Waals surface area contributed by atoms with E-state index < -0.39 is 21.7 Å². The van der Waals surface area contributed by atoms with E-state index in [1.807, 2.05) is 0 Å². The van der Waals surface area contributed by atoms with Crippen LogP contribution in [0.4, 0.5) is 4.79 Å². The highest BCUT2D eigenvalue weighted by molar-refractivity contribution is 7.89. The molecule has 0 aliphatic carbocycles. The van der Waals surface area contributed by atoms with Gasteiger partial charge in [-0.25, -0.2) is 13.2 Å². The van der Waals surface area contributed by atoms with Gasteiger partial charge in [-0.3, -0.25) is 0 Å². The van der Waals surface area contributed by atoms with Crippen LogP contribution in [0.5, 0.6) is 0 Å². The molecule has 23 heavy (non-hydrogen) atoms. The summed E-state index contributed by atoms with van der Waals surface area (Å²) in [5, 5.41) is 0.374. The Bertz CT molecular complexity index is 677. The molecule has 8 heteroatoms. The van der Waals surface area contributed by atoms with Gasteiger partial charge in [0.05, 0.1) is 4.90 Å². The van der Waals surface area contributed by atoms with Gasteiger partial charge in [0, 0.05) is 31.2 Å². The number of carbonyl (C=O) groups is 1. The highest BCUT2D eigenvalue weighted by Crippen LogP contribution is 2.21. The molecule has 1 fully saturated rings. The molecule has 0 N–H and O–H groups in total. The summed E-state index contributed by atoms with van der Waals surface area (Å²) in [6.45, 7) is 6.45. The van der Waals surface area contributed by atoms with Gasteiger partial charge in [-0.1, -0.05) is 17.7 Å². The maximum absolute atomic E-state index is 12.6. The summed E-state index contributed by atoms with van der Waals surface area (Å²) < 4.78 is 31.8. The fourth-order valence-electron chi connectivity index (χ4n) is 2.21. The molecule has 0 unspecified atom stereocenters. The van der Waals surface area contributed by atoms with Gasteiger partial charge in [0.25, 0.3) is 0 Å². The van der Waals surface area contributed by atoms with E-state index in [9.17, 15) is 13.2 Å². The van der Waals surface area contributed by atoms with Crippen LogP contribution in [-0.4, -0.2) is 55.5 Å². The van der Waals surface area contributed by atoms with Gasteiger partial charge in [-0.2, -0.15) is 4.31 Å². The summed E-state index contributed by atoms with van der Waals surface area (Å²) in [5.41, 5.74) is -0.568. The summed E-state index contributed by atoms with van der Waals surface area (Å²) in [4.78, 5) is 13.7. The second-order valence-corrected chi connectivity index (χ2v) is 8.70. The first-order valence-electron chi connectivity index (χ1n) is 7.33. The summed E-state index contributed by atoms with van der Waals surface area (Å²) in [6.07, 6.45) is -0.419. The monoisotopic (exact) mass is 360 g/mol. The van der Waals surface area contributed by atoms with Gasteiger partial charge in [-0.15, -0.1) is 0 Å². The molecule has 1 aliphatic heterocycles. The fraction of sp³-hybridized carbons (Fsp3) is 0.533. The van der Waals surface area contributed by atoms with E-state index in [4.69, 9.17) is 16.3 Å². The minimum Gasteiger partial charge on any atom is -0.444 e. The molecular weight excluding hydrogens is 340 g/mol. The zero-order valence-corrected chi connectivity index (χ0v) is 15.0. The Hall–Kier alpha value is -1.31. The lowest BCUT2D eigenvalue weighted by atomic mass is 10.2. The maximum atomic E-state index is 12.6. The van der Waals surface area contributed by atoms with Gasteiger partial charge in [0.2, 0.25) is 10.0 Å². The predicted octanol–water partition coefficient (Wildman–Crippen LogP) is 2.58. The van der Waals surface area contributed by atoms with Crippen molar-refractivity contribution in [1.82, 2.24) is 9.21 Å². The topological polar surface area (TPSA) is 66.9 Å². The Balaban J connectivity index is 2.03. The van der Waals surface area contributed by atoms with Crippen LogP contribution in [0.2, 0.25) is 5.02 Å². The van der Waals surface area contributed by atoms with Crippen molar-refractivity contribution in [1.29, 1.82) is 0 Å². The van der Waals surface area contributed by atoms with Gasteiger partial charge in [0.1, 0.15) is 5.60 Å². The summed E-state index contributed by atoms with van der Waals surface area (Å²) >= 11 is 5.86. The predicted molar refractivity (Wildman–Crippen MR) is 88.0 cm³/mol. The molecule has 1 heterocycles. The Morgan fingerprint density at radius 3 is 2.30 bits per heavy atom. The molecule has 1 amide bonds. The number of hydrogen-bond acceptors (Lipinski definition) is 4. The number of piperazine rings is 1. The number of rotatable bonds is 2. The van der Waals surface area contributed by atoms with Gasteiger partial charge in [-0.05, 0) is 39.0 Å². The minimum atomic E-state index is -3.60. The van der Waals surface area contributed by atoms with Gasteiger partial charge in [0.15, 0.2) is 0 Å². The van der Waals surface area contributed by atoms with Crippen molar-refractivity contribution >= 4 is 27.7 Å². The van der Waals surface area contributed by atoms with Crippen LogP contribution in [-0.2, 0) is 14.8 Å². The number of amides is 1. The molecule has 1 aromatic carbocycles. The van der Waals surface area contributed by atoms with E-state index in [1.54, 1.807) is 32.9 Å². The Morgan fingerprint density at radius 1 is 1.17 bits per heavy atom. The highest BCUT2D eigenvalue weighted by Gasteiger charge is 2.31. The largest absolute Gasteiger partial charge is 0.444 e. The average Bonchev–Trinajstić information content (AvgIpc) is 2.45. The SMILES string of the molecule is CC(C)(C)OC(=O)N1CCN(S(=O)(=O)c2cccc(Cl)c2)CC1. The summed E-state index contributed by atoms with van der Waals surface area (Å²) in [7, 11) is -3.60. The third-order valence-electron chi connectivity index (χ3n) is 3.32. The average molecular weight is 361 g/mol. The maximum Gasteiger partial charge on any atom is 0.410 e. The molecule has 0 radical (unpaired) electrons. The van der Waals surface area contributed by atoms with E-state index in [0.29, 0.717) is 18.1 Å². The molecular formula is C15H21ClN2O4S. The molecule has 6 nitrogen and oxygen atoms in total. The molecule has 0 aromatic heterocycles. The number of benzene rings is 1. The van der Waals surface area contributed by atoms with Crippen LogP contribution in [0.1, 0.15) is 20.8 Å². The Morgan fingerprint density at radius 2 is 1.78 bits per heavy atom. The molecule has 128 valence electrons. The molecule has 0 atom stereocenters. The number of hydrogen-bond donors (Lipinski definition) is 0. The Labute approximate surface area is 142 Å². The summed E-state index contributed by atoms with van der Waals surface area (Å²) in [6, 6.07) is 6.17. The lowest BCUT2D eigenvalue weighted by molar-refractivity contribution is 0.0192. The van der Waals surface area contributed by atoms with Crippen LogP contribution in [0.25, 0.3) is 0 Å². The minimum absolute atomic E-state index is 0.163. The number of carbonyl (C=O) groups excluding carboxylic acids is 1. The third kappa shape index (κ3) is 4.59. The Kier molecular flexibility index (Phi) is 5.23. The van der Waals surface area contributed by atoms with E-state index in [-0.39, 0.29) is 18.0 Å². The zero-order chi connectivity index (χ0) is 17.3. The quantitative estimate of drug-likeness (QED) is 0.813. The van der Waals surface area contributed by atoms with Crippen molar-refractivity contribution in [3.05, 3.63) is 29.3 Å². The second-order valence-electron chi connectivity index (χ2n) is 6.33. The molecule has 1 aromatic rings. The summed E-state index contributed by atoms with van der Waals surface area (Å²) in [5.74, 6) is 0. The first-order chi connectivity index (χ1) is 10.6. The van der Waals surface area contributed by atoms with Crippen molar-refractivity contribution < 1.29 is 17.9 Å². The standard InChI is InChI=1S/C15H21ClN2O4S/c1-15(2,3)22-14(19)17-7-9-18(10-8-17)23(20,21)13-6-4-5-12(16)11-13/h4-6,11H,7-10H2,1-3H3. The lowest BCUT2D eigenvalue weighted by Crippen LogP contribution is -2.51. The molecule has 1 aliphatic rings. The molecule has 0 bridgehead atoms. The number of ether oxygens (including phenoxy) is 1. The zero-order valence-electron chi connectivity index (χ0n) is 13.5. The number of halogens is 1. The van der Waals surface area contributed by atoms with Gasteiger partial charge < -0.3 is 9.64 Å². The van der Waals surface area contributed by atoms with Crippen LogP contribution in [0.15, 0.2) is 29.2 Å². The normalized spacial score (nSPS) is 17.1. The van der Waals surface area contributed by atoms with Crippen molar-refractivity contribution in [2.45, 2.75) is 31.3 Å². The van der Waals surface area contributed by atoms with Crippen molar-refractivity contribution in [2.75, 3.05) is 26.2 Å².